The second-order valence-corrected chi connectivity index (χ2v) is 12.4. The van der Waals surface area contributed by atoms with Crippen molar-refractivity contribution in [1.29, 1.82) is 0 Å². The van der Waals surface area contributed by atoms with Crippen molar-refractivity contribution in [3.63, 3.8) is 0 Å². The highest BCUT2D eigenvalue weighted by Gasteiger charge is 2.35. The average Bonchev–Trinajstić information content (AvgIpc) is 3.65. The van der Waals surface area contributed by atoms with Gasteiger partial charge in [-0.2, -0.15) is 0 Å². The highest BCUT2D eigenvalue weighted by atomic mass is 79.9. The molecular weight excluding hydrogens is 651 g/mol. The quantitative estimate of drug-likeness (QED) is 0.177. The van der Waals surface area contributed by atoms with Crippen LogP contribution in [0.5, 0.6) is 5.75 Å². The van der Waals surface area contributed by atoms with Crippen LogP contribution >= 0.6 is 38.6 Å². The molecule has 1 aliphatic rings. The lowest BCUT2D eigenvalue weighted by Crippen LogP contribution is -2.39. The minimum absolute atomic E-state index is 0.0818. The molecule has 10 heteroatoms. The van der Waals surface area contributed by atoms with E-state index < -0.39 is 12.0 Å². The van der Waals surface area contributed by atoms with E-state index in [-0.39, 0.29) is 24.6 Å². The van der Waals surface area contributed by atoms with E-state index in [0.717, 1.165) is 16.0 Å². The van der Waals surface area contributed by atoms with Crippen molar-refractivity contribution in [3.05, 3.63) is 147 Å². The summed E-state index contributed by atoms with van der Waals surface area (Å²) in [4.78, 5) is 33.6. The Morgan fingerprint density at radius 1 is 1.07 bits per heavy atom. The number of carbonyl (C=O) groups is 1. The van der Waals surface area contributed by atoms with Crippen LogP contribution in [0.4, 0.5) is 4.39 Å². The smallest absolute Gasteiger partial charge is 0.338 e. The Labute approximate surface area is 262 Å². The van der Waals surface area contributed by atoms with E-state index in [1.807, 2.05) is 60.0 Å². The zero-order valence-corrected chi connectivity index (χ0v) is 26.0. The van der Waals surface area contributed by atoms with E-state index in [0.29, 0.717) is 36.4 Å². The molecule has 1 aliphatic heterocycles. The van der Waals surface area contributed by atoms with E-state index in [2.05, 4.69) is 15.9 Å². The van der Waals surface area contributed by atoms with Crippen molar-refractivity contribution in [2.45, 2.75) is 19.6 Å². The number of rotatable bonds is 8. The molecule has 0 saturated carbocycles. The van der Waals surface area contributed by atoms with Crippen molar-refractivity contribution in [2.24, 2.45) is 4.99 Å². The lowest BCUT2D eigenvalue weighted by atomic mass is 9.97. The Morgan fingerprint density at radius 2 is 1.86 bits per heavy atom. The number of halogens is 2. The first-order valence-electron chi connectivity index (χ1n) is 13.4. The zero-order valence-electron chi connectivity index (χ0n) is 22.8. The van der Waals surface area contributed by atoms with Crippen molar-refractivity contribution < 1.29 is 18.7 Å². The van der Waals surface area contributed by atoms with Crippen LogP contribution in [0, 0.1) is 5.82 Å². The Morgan fingerprint density at radius 3 is 2.58 bits per heavy atom. The number of hydrogen-bond acceptors (Lipinski definition) is 7. The van der Waals surface area contributed by atoms with Crippen LogP contribution in [0.1, 0.15) is 34.5 Å². The Hall–Kier alpha value is -4.12. The van der Waals surface area contributed by atoms with Crippen LogP contribution in [-0.2, 0) is 16.1 Å². The molecule has 0 aliphatic carbocycles. The molecule has 0 unspecified atom stereocenters. The van der Waals surface area contributed by atoms with Gasteiger partial charge in [0.2, 0.25) is 0 Å². The van der Waals surface area contributed by atoms with Gasteiger partial charge in [0.25, 0.3) is 5.56 Å². The molecule has 1 atom stereocenters. The lowest BCUT2D eigenvalue weighted by molar-refractivity contribution is -0.138. The number of carbonyl (C=O) groups excluding carboxylic acids is 1. The SMILES string of the molecule is CCOC(=O)C1=C(c2ccccc2)N=c2s/c(=C\c3ccc(OCc4ccccc4F)c(Br)c3)c(=O)n2[C@H]1c1cccs1. The molecule has 216 valence electrons. The molecule has 2 aromatic heterocycles. The van der Waals surface area contributed by atoms with E-state index in [9.17, 15) is 14.0 Å². The summed E-state index contributed by atoms with van der Waals surface area (Å²) in [7, 11) is 0. The minimum Gasteiger partial charge on any atom is -0.488 e. The highest BCUT2D eigenvalue weighted by molar-refractivity contribution is 9.10. The fourth-order valence-electron chi connectivity index (χ4n) is 4.80. The number of thiophene rings is 1. The van der Waals surface area contributed by atoms with E-state index in [1.165, 1.54) is 28.7 Å². The molecule has 0 amide bonds. The van der Waals surface area contributed by atoms with E-state index in [4.69, 9.17) is 14.5 Å². The van der Waals surface area contributed by atoms with Crippen LogP contribution in [0.2, 0.25) is 0 Å². The first kappa shape index (κ1) is 29.0. The summed E-state index contributed by atoms with van der Waals surface area (Å²) in [5.41, 5.74) is 2.54. The van der Waals surface area contributed by atoms with Gasteiger partial charge in [0.15, 0.2) is 4.80 Å². The Bertz CT molecular complexity index is 2020. The summed E-state index contributed by atoms with van der Waals surface area (Å²) < 4.78 is 28.1. The summed E-state index contributed by atoms with van der Waals surface area (Å²) in [5, 5.41) is 1.92. The van der Waals surface area contributed by atoms with Crippen molar-refractivity contribution >= 4 is 56.3 Å². The molecular formula is C33H24BrFN2O4S2. The molecule has 3 aromatic carbocycles. The molecule has 0 spiro atoms. The van der Waals surface area contributed by atoms with Gasteiger partial charge in [-0.1, -0.05) is 72.0 Å². The number of esters is 1. The fraction of sp³-hybridized carbons (Fsp3) is 0.121. The highest BCUT2D eigenvalue weighted by Crippen LogP contribution is 2.37. The monoisotopic (exact) mass is 674 g/mol. The molecule has 0 fully saturated rings. The van der Waals surface area contributed by atoms with Gasteiger partial charge < -0.3 is 9.47 Å². The number of hydrogen-bond donors (Lipinski definition) is 0. The maximum Gasteiger partial charge on any atom is 0.338 e. The van der Waals surface area contributed by atoms with Gasteiger partial charge in [0.05, 0.1) is 26.9 Å². The van der Waals surface area contributed by atoms with Gasteiger partial charge in [-0.15, -0.1) is 11.3 Å². The number of thiazole rings is 1. The first-order valence-corrected chi connectivity index (χ1v) is 15.9. The molecule has 0 bridgehead atoms. The number of nitrogens with zero attached hydrogens (tertiary/aromatic N) is 2. The standard InChI is InChI=1S/C33H24BrFN2O4S2/c1-2-40-32(39)28-29(21-9-4-3-5-10-21)36-33-37(30(28)26-13-8-16-42-26)31(38)27(43-33)18-20-14-15-25(23(34)17-20)41-19-22-11-6-7-12-24(22)35/h3-18,30H,2,19H2,1H3/b27-18-/t30-/m0/s1. The van der Waals surface area contributed by atoms with Crippen LogP contribution < -0.4 is 19.6 Å². The third kappa shape index (κ3) is 5.90. The van der Waals surface area contributed by atoms with Crippen molar-refractivity contribution in [3.8, 4) is 5.75 Å². The molecule has 0 saturated heterocycles. The van der Waals surface area contributed by atoms with Crippen LogP contribution in [-0.4, -0.2) is 17.1 Å². The van der Waals surface area contributed by atoms with Gasteiger partial charge in [-0.25, -0.2) is 14.2 Å². The number of ether oxygens (including phenoxy) is 2. The molecule has 3 heterocycles. The van der Waals surface area contributed by atoms with Gasteiger partial charge >= 0.3 is 5.97 Å². The van der Waals surface area contributed by atoms with E-state index >= 15 is 0 Å². The second-order valence-electron chi connectivity index (χ2n) is 9.52. The van der Waals surface area contributed by atoms with Crippen LogP contribution in [0.3, 0.4) is 0 Å². The summed E-state index contributed by atoms with van der Waals surface area (Å²) in [5.74, 6) is -0.285. The summed E-state index contributed by atoms with van der Waals surface area (Å²) in [6.07, 6.45) is 1.79. The average molecular weight is 676 g/mol. The van der Waals surface area contributed by atoms with E-state index in [1.54, 1.807) is 41.8 Å². The van der Waals surface area contributed by atoms with Crippen LogP contribution in [0.15, 0.2) is 110 Å². The summed E-state index contributed by atoms with van der Waals surface area (Å²) in [6.45, 7) is 2.03. The molecule has 6 nitrogen and oxygen atoms in total. The van der Waals surface area contributed by atoms with Gasteiger partial charge in [0, 0.05) is 16.0 Å². The maximum atomic E-state index is 14.0. The van der Waals surface area contributed by atoms with Gasteiger partial charge in [-0.3, -0.25) is 9.36 Å². The number of fused-ring (bicyclic) bond motifs is 1. The molecule has 6 rings (SSSR count). The first-order chi connectivity index (χ1) is 20.9. The third-order valence-corrected chi connectivity index (χ3v) is 9.31. The van der Waals surface area contributed by atoms with Crippen molar-refractivity contribution in [1.82, 2.24) is 4.57 Å². The van der Waals surface area contributed by atoms with Crippen LogP contribution in [0.25, 0.3) is 11.8 Å². The van der Waals surface area contributed by atoms with Crippen molar-refractivity contribution in [2.75, 3.05) is 6.61 Å². The zero-order chi connectivity index (χ0) is 29.9. The molecule has 0 radical (unpaired) electrons. The third-order valence-electron chi connectivity index (χ3n) is 6.78. The molecule has 0 N–H and O–H groups in total. The number of benzene rings is 3. The number of aromatic nitrogens is 1. The topological polar surface area (TPSA) is 69.9 Å². The van der Waals surface area contributed by atoms with Gasteiger partial charge in [0.1, 0.15) is 24.2 Å². The minimum atomic E-state index is -0.687. The summed E-state index contributed by atoms with van der Waals surface area (Å²) in [6, 6.07) is 24.5. The molecule has 43 heavy (non-hydrogen) atoms. The summed E-state index contributed by atoms with van der Waals surface area (Å²) >= 11 is 6.27. The predicted molar refractivity (Wildman–Crippen MR) is 170 cm³/mol. The predicted octanol–water partition coefficient (Wildman–Crippen LogP) is 6.48. The lowest BCUT2D eigenvalue weighted by Gasteiger charge is -2.24. The Kier molecular flexibility index (Phi) is 8.51. The largest absolute Gasteiger partial charge is 0.488 e. The Balaban J connectivity index is 1.43. The fourth-order valence-corrected chi connectivity index (χ4v) is 7.14. The van der Waals surface area contributed by atoms with Gasteiger partial charge in [-0.05, 0) is 64.1 Å². The molecule has 5 aromatic rings. The normalized spacial score (nSPS) is 14.8. The maximum absolute atomic E-state index is 14.0. The second kappa shape index (κ2) is 12.6.